The van der Waals surface area contributed by atoms with E-state index in [0.717, 1.165) is 49.0 Å². The van der Waals surface area contributed by atoms with Crippen LogP contribution in [0.25, 0.3) is 0 Å². The molecule has 6 nitrogen and oxygen atoms in total. The zero-order chi connectivity index (χ0) is 16.1. The van der Waals surface area contributed by atoms with Gasteiger partial charge in [0, 0.05) is 43.9 Å². The van der Waals surface area contributed by atoms with Crippen LogP contribution in [0.5, 0.6) is 0 Å². The smallest absolute Gasteiger partial charge is 0.224 e. The molecule has 1 aromatic heterocycles. The van der Waals surface area contributed by atoms with E-state index >= 15 is 0 Å². The molecule has 0 saturated carbocycles. The van der Waals surface area contributed by atoms with Gasteiger partial charge < -0.3 is 15.1 Å². The van der Waals surface area contributed by atoms with Crippen LogP contribution in [0.2, 0.25) is 5.02 Å². The Labute approximate surface area is 140 Å². The zero-order valence-corrected chi connectivity index (χ0v) is 13.4. The first kappa shape index (κ1) is 15.6. The van der Waals surface area contributed by atoms with E-state index in [1.165, 1.54) is 0 Å². The fourth-order valence-corrected chi connectivity index (χ4v) is 2.69. The largest absolute Gasteiger partial charge is 0.353 e. The third-order valence-corrected chi connectivity index (χ3v) is 4.19. The second kappa shape index (κ2) is 7.28. The van der Waals surface area contributed by atoms with Crippen LogP contribution in [-0.4, -0.2) is 47.5 Å². The van der Waals surface area contributed by atoms with E-state index in [1.54, 1.807) is 11.1 Å². The number of piperazine rings is 1. The SMILES string of the molecule is O=CN1CCN(c2ccnc(NCc3ccccc3Cl)n2)CC1. The Bertz CT molecular complexity index is 673. The van der Waals surface area contributed by atoms with Gasteiger partial charge in [-0.3, -0.25) is 4.79 Å². The van der Waals surface area contributed by atoms with Gasteiger partial charge in [-0.2, -0.15) is 4.98 Å². The minimum Gasteiger partial charge on any atom is -0.353 e. The number of nitrogens with one attached hydrogen (secondary N) is 1. The number of carbonyl (C=O) groups is 1. The van der Waals surface area contributed by atoms with Gasteiger partial charge >= 0.3 is 0 Å². The van der Waals surface area contributed by atoms with Crippen molar-refractivity contribution in [2.75, 3.05) is 36.4 Å². The Kier molecular flexibility index (Phi) is 4.92. The maximum absolute atomic E-state index is 10.8. The highest BCUT2D eigenvalue weighted by Crippen LogP contribution is 2.17. The standard InChI is InChI=1S/C16H18ClN5O/c17-14-4-2-1-3-13(14)11-19-16-18-6-5-15(20-16)22-9-7-21(12-23)8-10-22/h1-6,12H,7-11H2,(H,18,19,20). The van der Waals surface area contributed by atoms with E-state index in [2.05, 4.69) is 20.2 Å². The van der Waals surface area contributed by atoms with Gasteiger partial charge in [-0.05, 0) is 17.7 Å². The van der Waals surface area contributed by atoms with Crippen LogP contribution >= 0.6 is 11.6 Å². The van der Waals surface area contributed by atoms with Gasteiger partial charge in [0.2, 0.25) is 12.4 Å². The van der Waals surface area contributed by atoms with Crippen LogP contribution in [0.1, 0.15) is 5.56 Å². The van der Waals surface area contributed by atoms with Crippen LogP contribution in [0.15, 0.2) is 36.5 Å². The number of rotatable bonds is 5. The molecule has 120 valence electrons. The van der Waals surface area contributed by atoms with Crippen molar-refractivity contribution < 1.29 is 4.79 Å². The van der Waals surface area contributed by atoms with Crippen LogP contribution in [-0.2, 0) is 11.3 Å². The highest BCUT2D eigenvalue weighted by molar-refractivity contribution is 6.31. The molecule has 7 heteroatoms. The molecule has 1 amide bonds. The molecule has 3 rings (SSSR count). The molecular formula is C16H18ClN5O. The van der Waals surface area contributed by atoms with Crippen molar-refractivity contribution in [2.24, 2.45) is 0 Å². The normalized spacial score (nSPS) is 14.7. The summed E-state index contributed by atoms with van der Waals surface area (Å²) in [5, 5.41) is 3.92. The van der Waals surface area contributed by atoms with Crippen LogP contribution in [0.4, 0.5) is 11.8 Å². The molecule has 0 aliphatic carbocycles. The van der Waals surface area contributed by atoms with E-state index in [0.29, 0.717) is 12.5 Å². The number of nitrogens with zero attached hydrogens (tertiary/aromatic N) is 4. The third-order valence-electron chi connectivity index (χ3n) is 3.82. The fourth-order valence-electron chi connectivity index (χ4n) is 2.48. The van der Waals surface area contributed by atoms with Crippen molar-refractivity contribution in [3.63, 3.8) is 0 Å². The number of aromatic nitrogens is 2. The summed E-state index contributed by atoms with van der Waals surface area (Å²) in [6.45, 7) is 3.56. The van der Waals surface area contributed by atoms with E-state index < -0.39 is 0 Å². The lowest BCUT2D eigenvalue weighted by Gasteiger charge is -2.33. The Hall–Kier alpha value is -2.34. The van der Waals surface area contributed by atoms with Gasteiger partial charge in [-0.15, -0.1) is 0 Å². The predicted molar refractivity (Wildman–Crippen MR) is 90.7 cm³/mol. The average Bonchev–Trinajstić information content (AvgIpc) is 2.61. The molecule has 1 fully saturated rings. The number of halogens is 1. The molecule has 0 radical (unpaired) electrons. The van der Waals surface area contributed by atoms with Gasteiger partial charge in [0.25, 0.3) is 0 Å². The number of hydrogen-bond donors (Lipinski definition) is 1. The molecule has 23 heavy (non-hydrogen) atoms. The first-order valence-corrected chi connectivity index (χ1v) is 7.88. The van der Waals surface area contributed by atoms with Crippen molar-refractivity contribution >= 4 is 29.8 Å². The van der Waals surface area contributed by atoms with Gasteiger partial charge in [0.1, 0.15) is 5.82 Å². The van der Waals surface area contributed by atoms with Gasteiger partial charge in [-0.25, -0.2) is 4.98 Å². The third kappa shape index (κ3) is 3.90. The maximum Gasteiger partial charge on any atom is 0.224 e. The minimum absolute atomic E-state index is 0.570. The Morgan fingerprint density at radius 3 is 2.70 bits per heavy atom. The molecular weight excluding hydrogens is 314 g/mol. The molecule has 0 bridgehead atoms. The lowest BCUT2D eigenvalue weighted by Crippen LogP contribution is -2.46. The molecule has 1 saturated heterocycles. The molecule has 1 N–H and O–H groups in total. The minimum atomic E-state index is 0.570. The topological polar surface area (TPSA) is 61.4 Å². The zero-order valence-electron chi connectivity index (χ0n) is 12.7. The summed E-state index contributed by atoms with van der Waals surface area (Å²) in [6.07, 6.45) is 2.64. The second-order valence-electron chi connectivity index (χ2n) is 5.31. The van der Waals surface area contributed by atoms with Crippen molar-refractivity contribution in [3.8, 4) is 0 Å². The summed E-state index contributed by atoms with van der Waals surface area (Å²) < 4.78 is 0. The Morgan fingerprint density at radius 1 is 1.17 bits per heavy atom. The number of benzene rings is 1. The van der Waals surface area contributed by atoms with Crippen LogP contribution in [0, 0.1) is 0 Å². The number of carbonyl (C=O) groups excluding carboxylic acids is 1. The van der Waals surface area contributed by atoms with Crippen molar-refractivity contribution in [3.05, 3.63) is 47.1 Å². The van der Waals surface area contributed by atoms with E-state index in [-0.39, 0.29) is 0 Å². The van der Waals surface area contributed by atoms with Gasteiger partial charge in [0.15, 0.2) is 0 Å². The summed E-state index contributed by atoms with van der Waals surface area (Å²) in [5.74, 6) is 1.44. The summed E-state index contributed by atoms with van der Waals surface area (Å²) in [5.41, 5.74) is 1.00. The number of hydrogen-bond acceptors (Lipinski definition) is 5. The van der Waals surface area contributed by atoms with E-state index in [9.17, 15) is 4.79 Å². The van der Waals surface area contributed by atoms with Crippen LogP contribution < -0.4 is 10.2 Å². The van der Waals surface area contributed by atoms with E-state index in [4.69, 9.17) is 11.6 Å². The number of amides is 1. The molecule has 0 atom stereocenters. The second-order valence-corrected chi connectivity index (χ2v) is 5.72. The summed E-state index contributed by atoms with van der Waals surface area (Å²) in [7, 11) is 0. The predicted octanol–water partition coefficient (Wildman–Crippen LogP) is 2.02. The Morgan fingerprint density at radius 2 is 1.96 bits per heavy atom. The molecule has 0 spiro atoms. The van der Waals surface area contributed by atoms with Crippen LogP contribution in [0.3, 0.4) is 0 Å². The summed E-state index contributed by atoms with van der Waals surface area (Å²) >= 11 is 6.15. The maximum atomic E-state index is 10.8. The van der Waals surface area contributed by atoms with E-state index in [1.807, 2.05) is 30.3 Å². The average molecular weight is 332 g/mol. The summed E-state index contributed by atoms with van der Waals surface area (Å²) in [4.78, 5) is 23.5. The highest BCUT2D eigenvalue weighted by Gasteiger charge is 2.17. The van der Waals surface area contributed by atoms with Crippen molar-refractivity contribution in [1.82, 2.24) is 14.9 Å². The first-order chi connectivity index (χ1) is 11.3. The molecule has 2 aromatic rings. The summed E-state index contributed by atoms with van der Waals surface area (Å²) in [6, 6.07) is 9.58. The molecule has 1 aliphatic rings. The highest BCUT2D eigenvalue weighted by atomic mass is 35.5. The quantitative estimate of drug-likeness (QED) is 0.849. The first-order valence-electron chi connectivity index (χ1n) is 7.51. The Balaban J connectivity index is 1.64. The number of anilines is 2. The molecule has 0 unspecified atom stereocenters. The lowest BCUT2D eigenvalue weighted by molar-refractivity contribution is -0.118. The molecule has 1 aliphatic heterocycles. The lowest BCUT2D eigenvalue weighted by atomic mass is 10.2. The molecule has 2 heterocycles. The van der Waals surface area contributed by atoms with Crippen molar-refractivity contribution in [1.29, 1.82) is 0 Å². The molecule has 1 aromatic carbocycles. The van der Waals surface area contributed by atoms with Gasteiger partial charge in [0.05, 0.1) is 0 Å². The monoisotopic (exact) mass is 331 g/mol. The van der Waals surface area contributed by atoms with Crippen molar-refractivity contribution in [2.45, 2.75) is 6.54 Å². The fraction of sp³-hybridized carbons (Fsp3) is 0.312. The van der Waals surface area contributed by atoms with Gasteiger partial charge in [-0.1, -0.05) is 29.8 Å².